The van der Waals surface area contributed by atoms with Crippen LogP contribution in [0.15, 0.2) is 0 Å². The van der Waals surface area contributed by atoms with E-state index in [1.807, 2.05) is 25.6 Å². The minimum absolute atomic E-state index is 0.643. The van der Waals surface area contributed by atoms with E-state index in [0.29, 0.717) is 0 Å². The summed E-state index contributed by atoms with van der Waals surface area (Å²) in [5.41, 5.74) is -0.643. The SMILES string of the molecule is CCCC(C)(C(=O)O)N1CCSCC1. The van der Waals surface area contributed by atoms with Gasteiger partial charge in [0.15, 0.2) is 0 Å². The molecule has 0 aliphatic carbocycles. The van der Waals surface area contributed by atoms with Crippen LogP contribution in [-0.4, -0.2) is 46.1 Å². The Labute approximate surface area is 89.9 Å². The van der Waals surface area contributed by atoms with Crippen LogP contribution in [0.1, 0.15) is 26.7 Å². The Balaban J connectivity index is 2.69. The van der Waals surface area contributed by atoms with Crippen LogP contribution in [0.4, 0.5) is 0 Å². The molecule has 0 spiro atoms. The second-order valence-corrected chi connectivity index (χ2v) is 5.15. The Hall–Kier alpha value is -0.220. The molecule has 3 nitrogen and oxygen atoms in total. The van der Waals surface area contributed by atoms with Crippen LogP contribution in [-0.2, 0) is 4.79 Å². The fraction of sp³-hybridized carbons (Fsp3) is 0.900. The maximum atomic E-state index is 11.3. The Bertz CT molecular complexity index is 204. The van der Waals surface area contributed by atoms with Gasteiger partial charge in [0.25, 0.3) is 0 Å². The fourth-order valence-corrected chi connectivity index (χ4v) is 2.85. The zero-order valence-corrected chi connectivity index (χ0v) is 9.77. The highest BCUT2D eigenvalue weighted by atomic mass is 32.2. The molecular formula is C10H19NO2S. The Morgan fingerprint density at radius 2 is 2.07 bits per heavy atom. The average molecular weight is 217 g/mol. The number of carboxylic acids is 1. The van der Waals surface area contributed by atoms with E-state index in [-0.39, 0.29) is 0 Å². The van der Waals surface area contributed by atoms with Crippen LogP contribution in [0.3, 0.4) is 0 Å². The highest BCUT2D eigenvalue weighted by molar-refractivity contribution is 7.99. The van der Waals surface area contributed by atoms with Crippen LogP contribution >= 0.6 is 11.8 Å². The number of thioether (sulfide) groups is 1. The van der Waals surface area contributed by atoms with Crippen LogP contribution < -0.4 is 0 Å². The van der Waals surface area contributed by atoms with Gasteiger partial charge in [-0.25, -0.2) is 0 Å². The van der Waals surface area contributed by atoms with E-state index >= 15 is 0 Å². The summed E-state index contributed by atoms with van der Waals surface area (Å²) in [6.07, 6.45) is 1.67. The van der Waals surface area contributed by atoms with Gasteiger partial charge in [0.1, 0.15) is 5.54 Å². The first-order valence-electron chi connectivity index (χ1n) is 5.17. The van der Waals surface area contributed by atoms with E-state index in [1.54, 1.807) is 0 Å². The molecule has 0 bridgehead atoms. The van der Waals surface area contributed by atoms with Crippen molar-refractivity contribution < 1.29 is 9.90 Å². The third kappa shape index (κ3) is 2.42. The standard InChI is InChI=1S/C10H19NO2S/c1-3-4-10(2,9(12)13)11-5-7-14-8-6-11/h3-8H2,1-2H3,(H,12,13). The van der Waals surface area contributed by atoms with Crippen molar-refractivity contribution >= 4 is 17.7 Å². The first kappa shape index (κ1) is 11.9. The second-order valence-electron chi connectivity index (χ2n) is 3.93. The van der Waals surface area contributed by atoms with Gasteiger partial charge in [-0.3, -0.25) is 9.69 Å². The lowest BCUT2D eigenvalue weighted by Crippen LogP contribution is -2.55. The van der Waals surface area contributed by atoms with E-state index in [2.05, 4.69) is 4.90 Å². The number of carbonyl (C=O) groups is 1. The van der Waals surface area contributed by atoms with Gasteiger partial charge in [-0.15, -0.1) is 0 Å². The molecule has 1 fully saturated rings. The van der Waals surface area contributed by atoms with Gasteiger partial charge < -0.3 is 5.11 Å². The smallest absolute Gasteiger partial charge is 0.323 e. The van der Waals surface area contributed by atoms with Crippen molar-refractivity contribution in [2.75, 3.05) is 24.6 Å². The summed E-state index contributed by atoms with van der Waals surface area (Å²) in [6, 6.07) is 0. The molecule has 1 aliphatic rings. The fourth-order valence-electron chi connectivity index (χ4n) is 1.94. The minimum atomic E-state index is -0.675. The minimum Gasteiger partial charge on any atom is -0.480 e. The van der Waals surface area contributed by atoms with Gasteiger partial charge in [-0.2, -0.15) is 11.8 Å². The highest BCUT2D eigenvalue weighted by Crippen LogP contribution is 2.25. The summed E-state index contributed by atoms with van der Waals surface area (Å²) in [5, 5.41) is 9.27. The quantitative estimate of drug-likeness (QED) is 0.778. The molecule has 1 heterocycles. The molecule has 1 unspecified atom stereocenters. The molecule has 0 saturated carbocycles. The third-order valence-electron chi connectivity index (χ3n) is 2.91. The number of hydrogen-bond donors (Lipinski definition) is 1. The normalized spacial score (nSPS) is 23.0. The molecule has 1 N–H and O–H groups in total. The van der Waals surface area contributed by atoms with Gasteiger partial charge in [-0.1, -0.05) is 13.3 Å². The van der Waals surface area contributed by atoms with Crippen molar-refractivity contribution in [2.45, 2.75) is 32.2 Å². The summed E-state index contributed by atoms with van der Waals surface area (Å²) in [5.74, 6) is 1.45. The summed E-state index contributed by atoms with van der Waals surface area (Å²) in [4.78, 5) is 13.4. The predicted molar refractivity (Wildman–Crippen MR) is 59.8 cm³/mol. The number of hydrogen-bond acceptors (Lipinski definition) is 3. The Morgan fingerprint density at radius 1 is 1.50 bits per heavy atom. The van der Waals surface area contributed by atoms with E-state index < -0.39 is 11.5 Å². The molecule has 82 valence electrons. The first-order chi connectivity index (χ1) is 6.61. The topological polar surface area (TPSA) is 40.5 Å². The number of rotatable bonds is 4. The molecular weight excluding hydrogens is 198 g/mol. The van der Waals surface area contributed by atoms with E-state index in [4.69, 9.17) is 0 Å². The van der Waals surface area contributed by atoms with Crippen molar-refractivity contribution in [1.82, 2.24) is 4.90 Å². The van der Waals surface area contributed by atoms with E-state index in [0.717, 1.165) is 37.4 Å². The monoisotopic (exact) mass is 217 g/mol. The summed E-state index contributed by atoms with van der Waals surface area (Å²) >= 11 is 1.91. The molecule has 0 radical (unpaired) electrons. The molecule has 1 atom stereocenters. The van der Waals surface area contributed by atoms with Crippen molar-refractivity contribution in [2.24, 2.45) is 0 Å². The lowest BCUT2D eigenvalue weighted by Gasteiger charge is -2.40. The maximum absolute atomic E-state index is 11.3. The van der Waals surface area contributed by atoms with Gasteiger partial charge in [0, 0.05) is 24.6 Å². The van der Waals surface area contributed by atoms with Gasteiger partial charge in [0.05, 0.1) is 0 Å². The summed E-state index contributed by atoms with van der Waals surface area (Å²) < 4.78 is 0. The molecule has 4 heteroatoms. The maximum Gasteiger partial charge on any atom is 0.323 e. The van der Waals surface area contributed by atoms with Crippen molar-refractivity contribution in [3.05, 3.63) is 0 Å². The van der Waals surface area contributed by atoms with Crippen LogP contribution in [0.5, 0.6) is 0 Å². The molecule has 14 heavy (non-hydrogen) atoms. The van der Waals surface area contributed by atoms with E-state index in [1.165, 1.54) is 0 Å². The molecule has 0 aromatic heterocycles. The second kappa shape index (κ2) is 5.03. The van der Waals surface area contributed by atoms with Gasteiger partial charge >= 0.3 is 5.97 Å². The zero-order chi connectivity index (χ0) is 10.6. The van der Waals surface area contributed by atoms with Gasteiger partial charge in [0.2, 0.25) is 0 Å². The predicted octanol–water partition coefficient (Wildman–Crippen LogP) is 1.68. The van der Waals surface area contributed by atoms with Crippen molar-refractivity contribution in [1.29, 1.82) is 0 Å². The molecule has 0 aromatic rings. The molecule has 1 saturated heterocycles. The van der Waals surface area contributed by atoms with Crippen molar-refractivity contribution in [3.63, 3.8) is 0 Å². The first-order valence-corrected chi connectivity index (χ1v) is 6.33. The molecule has 0 aromatic carbocycles. The summed E-state index contributed by atoms with van der Waals surface area (Å²) in [6.45, 7) is 5.72. The van der Waals surface area contributed by atoms with Crippen LogP contribution in [0.25, 0.3) is 0 Å². The number of carboxylic acid groups (broad SMARTS) is 1. The Morgan fingerprint density at radius 3 is 2.50 bits per heavy atom. The summed E-state index contributed by atoms with van der Waals surface area (Å²) in [7, 11) is 0. The molecule has 1 rings (SSSR count). The highest BCUT2D eigenvalue weighted by Gasteiger charge is 2.38. The van der Waals surface area contributed by atoms with Crippen molar-refractivity contribution in [3.8, 4) is 0 Å². The van der Waals surface area contributed by atoms with Gasteiger partial charge in [-0.05, 0) is 13.3 Å². The lowest BCUT2D eigenvalue weighted by atomic mass is 9.94. The average Bonchev–Trinajstić information content (AvgIpc) is 2.19. The number of nitrogens with zero attached hydrogens (tertiary/aromatic N) is 1. The molecule has 1 aliphatic heterocycles. The van der Waals surface area contributed by atoms with Crippen LogP contribution in [0, 0.1) is 0 Å². The molecule has 0 amide bonds. The lowest BCUT2D eigenvalue weighted by molar-refractivity contribution is -0.151. The largest absolute Gasteiger partial charge is 0.480 e. The third-order valence-corrected chi connectivity index (χ3v) is 3.85. The Kier molecular flexibility index (Phi) is 4.26. The van der Waals surface area contributed by atoms with E-state index in [9.17, 15) is 9.90 Å². The van der Waals surface area contributed by atoms with Crippen LogP contribution in [0.2, 0.25) is 0 Å². The number of aliphatic carboxylic acids is 1. The zero-order valence-electron chi connectivity index (χ0n) is 8.95.